The van der Waals surface area contributed by atoms with E-state index in [9.17, 15) is 0 Å². The van der Waals surface area contributed by atoms with Gasteiger partial charge in [-0.3, -0.25) is 0 Å². The number of hydrogen-bond donors (Lipinski definition) is 1. The Kier molecular flexibility index (Phi) is 7.73. The number of nitrogens with one attached hydrogen (secondary N) is 1. The van der Waals surface area contributed by atoms with Gasteiger partial charge in [0.15, 0.2) is 0 Å². The van der Waals surface area contributed by atoms with Crippen LogP contribution in [0.5, 0.6) is 0 Å². The Balaban J connectivity index is 2.27. The maximum atomic E-state index is 6.02. The first-order chi connectivity index (χ1) is 8.65. The van der Waals surface area contributed by atoms with Crippen molar-refractivity contribution >= 4 is 23.2 Å². The molecule has 0 heterocycles. The molecule has 102 valence electrons. The zero-order valence-electron chi connectivity index (χ0n) is 11.3. The molecule has 0 fully saturated rings. The Bertz CT molecular complexity index is 352. The average molecular weight is 288 g/mol. The van der Waals surface area contributed by atoms with Gasteiger partial charge in [0, 0.05) is 6.04 Å². The maximum absolute atomic E-state index is 6.02. The molecule has 0 saturated heterocycles. The number of hydrogen-bond acceptors (Lipinski definition) is 1. The van der Waals surface area contributed by atoms with Crippen molar-refractivity contribution in [2.24, 2.45) is 0 Å². The zero-order valence-corrected chi connectivity index (χ0v) is 12.8. The molecule has 1 atom stereocenters. The molecule has 0 saturated carbocycles. The lowest BCUT2D eigenvalue weighted by Crippen LogP contribution is -2.19. The van der Waals surface area contributed by atoms with E-state index in [0.717, 1.165) is 6.54 Å². The molecule has 1 aromatic carbocycles. The summed E-state index contributed by atoms with van der Waals surface area (Å²) in [6, 6.07) is 6.16. The van der Waals surface area contributed by atoms with Crippen molar-refractivity contribution in [3.8, 4) is 0 Å². The van der Waals surface area contributed by atoms with Gasteiger partial charge in [-0.25, -0.2) is 0 Å². The highest BCUT2D eigenvalue weighted by Crippen LogP contribution is 2.25. The van der Waals surface area contributed by atoms with E-state index in [0.29, 0.717) is 16.1 Å². The summed E-state index contributed by atoms with van der Waals surface area (Å²) in [7, 11) is 0. The first-order valence-corrected chi connectivity index (χ1v) is 7.59. The fourth-order valence-electron chi connectivity index (χ4n) is 1.95. The van der Waals surface area contributed by atoms with Crippen LogP contribution in [-0.2, 0) is 0 Å². The van der Waals surface area contributed by atoms with Gasteiger partial charge in [-0.05, 0) is 37.6 Å². The topological polar surface area (TPSA) is 12.0 Å². The van der Waals surface area contributed by atoms with Crippen molar-refractivity contribution in [3.05, 3.63) is 33.8 Å². The van der Waals surface area contributed by atoms with Crippen LogP contribution >= 0.6 is 23.2 Å². The molecule has 1 rings (SSSR count). The highest BCUT2D eigenvalue weighted by atomic mass is 35.5. The Hall–Kier alpha value is -0.240. The van der Waals surface area contributed by atoms with Crippen LogP contribution in [-0.4, -0.2) is 6.54 Å². The molecular weight excluding hydrogens is 265 g/mol. The van der Waals surface area contributed by atoms with E-state index in [1.165, 1.54) is 37.7 Å². The van der Waals surface area contributed by atoms with E-state index < -0.39 is 0 Å². The molecule has 3 heteroatoms. The SMILES string of the molecule is CCCCCCCNC(C)c1ccc(Cl)c(Cl)c1. The number of benzene rings is 1. The molecule has 1 nitrogen and oxygen atoms in total. The van der Waals surface area contributed by atoms with Crippen molar-refractivity contribution in [2.45, 2.75) is 52.0 Å². The Morgan fingerprint density at radius 3 is 2.44 bits per heavy atom. The molecule has 18 heavy (non-hydrogen) atoms. The van der Waals surface area contributed by atoms with Gasteiger partial charge in [0.25, 0.3) is 0 Å². The van der Waals surface area contributed by atoms with Gasteiger partial charge < -0.3 is 5.32 Å². The van der Waals surface area contributed by atoms with Crippen molar-refractivity contribution in [2.75, 3.05) is 6.54 Å². The summed E-state index contributed by atoms with van der Waals surface area (Å²) in [6.45, 7) is 5.46. The fourth-order valence-corrected chi connectivity index (χ4v) is 2.25. The normalized spacial score (nSPS) is 12.7. The van der Waals surface area contributed by atoms with Gasteiger partial charge in [-0.2, -0.15) is 0 Å². The second-order valence-electron chi connectivity index (χ2n) is 4.76. The van der Waals surface area contributed by atoms with E-state index in [1.807, 2.05) is 18.2 Å². The monoisotopic (exact) mass is 287 g/mol. The van der Waals surface area contributed by atoms with Crippen LogP contribution in [0.4, 0.5) is 0 Å². The highest BCUT2D eigenvalue weighted by Gasteiger charge is 2.06. The molecule has 0 aliphatic rings. The van der Waals surface area contributed by atoms with E-state index in [2.05, 4.69) is 19.2 Å². The maximum Gasteiger partial charge on any atom is 0.0595 e. The quantitative estimate of drug-likeness (QED) is 0.613. The van der Waals surface area contributed by atoms with Crippen LogP contribution < -0.4 is 5.32 Å². The molecule has 0 amide bonds. The molecule has 0 aliphatic carbocycles. The second kappa shape index (κ2) is 8.79. The Morgan fingerprint density at radius 1 is 1.06 bits per heavy atom. The molecule has 0 bridgehead atoms. The predicted octanol–water partition coefficient (Wildman–Crippen LogP) is 5.61. The van der Waals surface area contributed by atoms with Crippen LogP contribution in [0.25, 0.3) is 0 Å². The number of halogens is 2. The molecule has 0 aliphatic heterocycles. The molecule has 1 N–H and O–H groups in total. The minimum atomic E-state index is 0.325. The van der Waals surface area contributed by atoms with Crippen LogP contribution in [0, 0.1) is 0 Å². The summed E-state index contributed by atoms with van der Waals surface area (Å²) in [5.41, 5.74) is 1.19. The molecule has 0 spiro atoms. The van der Waals surface area contributed by atoms with E-state index in [4.69, 9.17) is 23.2 Å². The molecule has 1 unspecified atom stereocenters. The second-order valence-corrected chi connectivity index (χ2v) is 5.58. The summed E-state index contributed by atoms with van der Waals surface area (Å²) in [5.74, 6) is 0. The fraction of sp³-hybridized carbons (Fsp3) is 0.600. The van der Waals surface area contributed by atoms with Gasteiger partial charge >= 0.3 is 0 Å². The summed E-state index contributed by atoms with van der Waals surface area (Å²) in [5, 5.41) is 4.77. The standard InChI is InChI=1S/C15H23Cl2N/c1-3-4-5-6-7-10-18-12(2)13-8-9-14(16)15(17)11-13/h8-9,11-12,18H,3-7,10H2,1-2H3. The smallest absolute Gasteiger partial charge is 0.0595 e. The third-order valence-electron chi connectivity index (χ3n) is 3.17. The minimum Gasteiger partial charge on any atom is -0.310 e. The minimum absolute atomic E-state index is 0.325. The third kappa shape index (κ3) is 5.60. The lowest BCUT2D eigenvalue weighted by molar-refractivity contribution is 0.531. The van der Waals surface area contributed by atoms with Gasteiger partial charge in [-0.15, -0.1) is 0 Å². The molecule has 0 aromatic heterocycles. The lowest BCUT2D eigenvalue weighted by Gasteiger charge is -2.14. The molecule has 1 aromatic rings. The van der Waals surface area contributed by atoms with Crippen LogP contribution in [0.2, 0.25) is 10.0 Å². The van der Waals surface area contributed by atoms with Gasteiger partial charge in [-0.1, -0.05) is 61.9 Å². The van der Waals surface area contributed by atoms with Crippen molar-refractivity contribution in [3.63, 3.8) is 0 Å². The highest BCUT2D eigenvalue weighted by molar-refractivity contribution is 6.42. The van der Waals surface area contributed by atoms with E-state index in [1.54, 1.807) is 0 Å². The Morgan fingerprint density at radius 2 is 1.78 bits per heavy atom. The van der Waals surface area contributed by atoms with Crippen molar-refractivity contribution < 1.29 is 0 Å². The first kappa shape index (κ1) is 15.8. The van der Waals surface area contributed by atoms with Crippen molar-refractivity contribution in [1.29, 1.82) is 0 Å². The first-order valence-electron chi connectivity index (χ1n) is 6.83. The van der Waals surface area contributed by atoms with E-state index >= 15 is 0 Å². The van der Waals surface area contributed by atoms with Crippen LogP contribution in [0.3, 0.4) is 0 Å². The zero-order chi connectivity index (χ0) is 13.4. The molecular formula is C15H23Cl2N. The Labute approximate surface area is 121 Å². The van der Waals surface area contributed by atoms with Gasteiger partial charge in [0.05, 0.1) is 10.0 Å². The summed E-state index contributed by atoms with van der Waals surface area (Å²) in [4.78, 5) is 0. The summed E-state index contributed by atoms with van der Waals surface area (Å²) < 4.78 is 0. The van der Waals surface area contributed by atoms with E-state index in [-0.39, 0.29) is 0 Å². The summed E-state index contributed by atoms with van der Waals surface area (Å²) >= 11 is 11.9. The van der Waals surface area contributed by atoms with Crippen LogP contribution in [0.15, 0.2) is 18.2 Å². The predicted molar refractivity (Wildman–Crippen MR) is 81.6 cm³/mol. The number of rotatable bonds is 8. The average Bonchev–Trinajstić information content (AvgIpc) is 2.36. The lowest BCUT2D eigenvalue weighted by atomic mass is 10.1. The van der Waals surface area contributed by atoms with Gasteiger partial charge in [0.2, 0.25) is 0 Å². The largest absolute Gasteiger partial charge is 0.310 e. The number of unbranched alkanes of at least 4 members (excludes halogenated alkanes) is 4. The van der Waals surface area contributed by atoms with Gasteiger partial charge in [0.1, 0.15) is 0 Å². The van der Waals surface area contributed by atoms with Crippen LogP contribution in [0.1, 0.15) is 57.6 Å². The van der Waals surface area contributed by atoms with Crippen molar-refractivity contribution in [1.82, 2.24) is 5.32 Å². The third-order valence-corrected chi connectivity index (χ3v) is 3.91. The summed E-state index contributed by atoms with van der Waals surface area (Å²) in [6.07, 6.45) is 6.55. The molecule has 0 radical (unpaired) electrons.